The molecule has 0 aliphatic rings. The Morgan fingerprint density at radius 1 is 1.00 bits per heavy atom. The van der Waals surface area contributed by atoms with Gasteiger partial charge in [0.05, 0.1) is 6.16 Å². The van der Waals surface area contributed by atoms with Gasteiger partial charge in [0.25, 0.3) is 0 Å². The zero-order chi connectivity index (χ0) is 11.8. The summed E-state index contributed by atoms with van der Waals surface area (Å²) in [6, 6.07) is 9.98. The van der Waals surface area contributed by atoms with Crippen LogP contribution in [0.1, 0.15) is 5.56 Å². The molecule has 2 aromatic carbocycles. The molecule has 84 valence electrons. The summed E-state index contributed by atoms with van der Waals surface area (Å²) in [6.45, 7) is 0. The molecule has 0 radical (unpaired) electrons. The van der Waals surface area contributed by atoms with E-state index in [4.69, 9.17) is 9.79 Å². The van der Waals surface area contributed by atoms with E-state index >= 15 is 0 Å². The van der Waals surface area contributed by atoms with Crippen molar-refractivity contribution in [3.8, 4) is 5.75 Å². The molecule has 16 heavy (non-hydrogen) atoms. The first-order valence-corrected chi connectivity index (χ1v) is 6.51. The highest BCUT2D eigenvalue weighted by Gasteiger charge is 2.16. The molecule has 0 aliphatic heterocycles. The van der Waals surface area contributed by atoms with Gasteiger partial charge in [0.15, 0.2) is 0 Å². The van der Waals surface area contributed by atoms with Gasteiger partial charge in [-0.15, -0.1) is 0 Å². The fraction of sp³-hybridized carbons (Fsp3) is 0.0909. The van der Waals surface area contributed by atoms with Crippen LogP contribution in [0.5, 0.6) is 5.75 Å². The molecule has 0 saturated carbocycles. The van der Waals surface area contributed by atoms with E-state index in [9.17, 15) is 9.67 Å². The van der Waals surface area contributed by atoms with Crippen LogP contribution in [0.2, 0.25) is 0 Å². The van der Waals surface area contributed by atoms with Crippen LogP contribution in [0.3, 0.4) is 0 Å². The van der Waals surface area contributed by atoms with Crippen molar-refractivity contribution in [3.63, 3.8) is 0 Å². The molecule has 0 aromatic heterocycles. The van der Waals surface area contributed by atoms with Crippen molar-refractivity contribution in [2.24, 2.45) is 0 Å². The Labute approximate surface area is 92.3 Å². The smallest absolute Gasteiger partial charge is 0.329 e. The lowest BCUT2D eigenvalue weighted by atomic mass is 10.1. The monoisotopic (exact) mass is 238 g/mol. The molecule has 0 fully saturated rings. The first kappa shape index (κ1) is 11.1. The van der Waals surface area contributed by atoms with E-state index in [-0.39, 0.29) is 11.9 Å². The number of benzene rings is 2. The molecule has 0 atom stereocenters. The van der Waals surface area contributed by atoms with Gasteiger partial charge in [0, 0.05) is 5.39 Å². The van der Waals surface area contributed by atoms with Crippen molar-refractivity contribution in [1.29, 1.82) is 0 Å². The van der Waals surface area contributed by atoms with Crippen LogP contribution in [0.4, 0.5) is 0 Å². The molecule has 3 N–H and O–H groups in total. The summed E-state index contributed by atoms with van der Waals surface area (Å²) >= 11 is 0. The number of hydrogen-bond acceptors (Lipinski definition) is 2. The summed E-state index contributed by atoms with van der Waals surface area (Å²) in [5.41, 5.74) is 0.543. The summed E-state index contributed by atoms with van der Waals surface area (Å²) in [4.78, 5) is 17.9. The van der Waals surface area contributed by atoms with Gasteiger partial charge in [-0.2, -0.15) is 0 Å². The Morgan fingerprint density at radius 2 is 1.62 bits per heavy atom. The van der Waals surface area contributed by atoms with Gasteiger partial charge in [-0.25, -0.2) is 0 Å². The normalized spacial score (nSPS) is 11.9. The fourth-order valence-corrected chi connectivity index (χ4v) is 2.44. The maximum Gasteiger partial charge on any atom is 0.329 e. The Morgan fingerprint density at radius 3 is 2.31 bits per heavy atom. The second-order valence-corrected chi connectivity index (χ2v) is 5.26. The van der Waals surface area contributed by atoms with Gasteiger partial charge >= 0.3 is 7.60 Å². The van der Waals surface area contributed by atoms with E-state index in [0.717, 1.165) is 0 Å². The van der Waals surface area contributed by atoms with E-state index in [1.54, 1.807) is 36.4 Å². The van der Waals surface area contributed by atoms with Crippen molar-refractivity contribution in [3.05, 3.63) is 42.0 Å². The molecule has 5 heteroatoms. The van der Waals surface area contributed by atoms with Crippen LogP contribution in [0.25, 0.3) is 10.8 Å². The minimum absolute atomic E-state index is 0.116. The van der Waals surface area contributed by atoms with Crippen LogP contribution in [-0.2, 0) is 10.7 Å². The van der Waals surface area contributed by atoms with Gasteiger partial charge in [-0.3, -0.25) is 4.57 Å². The Bertz CT molecular complexity index is 573. The van der Waals surface area contributed by atoms with Gasteiger partial charge in [0.2, 0.25) is 0 Å². The van der Waals surface area contributed by atoms with E-state index in [1.807, 2.05) is 0 Å². The highest BCUT2D eigenvalue weighted by Crippen LogP contribution is 2.41. The number of phenols is 1. The van der Waals surface area contributed by atoms with Crippen LogP contribution < -0.4 is 0 Å². The molecule has 4 nitrogen and oxygen atoms in total. The van der Waals surface area contributed by atoms with Crippen LogP contribution in [0, 0.1) is 0 Å². The van der Waals surface area contributed by atoms with E-state index in [1.165, 1.54) is 0 Å². The van der Waals surface area contributed by atoms with Crippen molar-refractivity contribution >= 4 is 18.4 Å². The van der Waals surface area contributed by atoms with Crippen molar-refractivity contribution in [2.45, 2.75) is 6.16 Å². The Hall–Kier alpha value is -1.35. The lowest BCUT2D eigenvalue weighted by molar-refractivity contribution is 0.372. The third-order valence-electron chi connectivity index (χ3n) is 2.37. The summed E-state index contributed by atoms with van der Waals surface area (Å²) in [6.07, 6.45) is -0.312. The maximum atomic E-state index is 11.0. The Kier molecular flexibility index (Phi) is 2.72. The number of phenolic OH excluding ortho intramolecular Hbond substituents is 1. The molecule has 0 spiro atoms. The van der Waals surface area contributed by atoms with Crippen LogP contribution in [-0.4, -0.2) is 14.9 Å². The lowest BCUT2D eigenvalue weighted by Crippen LogP contribution is -1.88. The first-order valence-electron chi connectivity index (χ1n) is 4.71. The lowest BCUT2D eigenvalue weighted by Gasteiger charge is -2.08. The summed E-state index contributed by atoms with van der Waals surface area (Å²) in [5.74, 6) is 0.116. The largest absolute Gasteiger partial charge is 0.507 e. The third-order valence-corrected chi connectivity index (χ3v) is 3.12. The van der Waals surface area contributed by atoms with E-state index < -0.39 is 7.60 Å². The maximum absolute atomic E-state index is 11.0. The summed E-state index contributed by atoms with van der Waals surface area (Å²) in [7, 11) is -4.09. The zero-order valence-corrected chi connectivity index (χ0v) is 9.26. The average molecular weight is 238 g/mol. The van der Waals surface area contributed by atoms with Crippen molar-refractivity contribution in [2.75, 3.05) is 0 Å². The molecule has 0 amide bonds. The summed E-state index contributed by atoms with van der Waals surface area (Å²) in [5, 5.41) is 10.9. The number of rotatable bonds is 2. The van der Waals surface area contributed by atoms with E-state index in [0.29, 0.717) is 16.3 Å². The third kappa shape index (κ3) is 2.25. The molecular weight excluding hydrogens is 227 g/mol. The number of fused-ring (bicyclic) bond motifs is 1. The van der Waals surface area contributed by atoms with Gasteiger partial charge < -0.3 is 14.9 Å². The second-order valence-electron chi connectivity index (χ2n) is 3.61. The van der Waals surface area contributed by atoms with Gasteiger partial charge in [-0.1, -0.05) is 30.3 Å². The molecule has 2 rings (SSSR count). The highest BCUT2D eigenvalue weighted by molar-refractivity contribution is 7.50. The van der Waals surface area contributed by atoms with Crippen LogP contribution >= 0.6 is 7.60 Å². The van der Waals surface area contributed by atoms with Crippen molar-refractivity contribution in [1.82, 2.24) is 0 Å². The quantitative estimate of drug-likeness (QED) is 0.701. The minimum atomic E-state index is -4.09. The van der Waals surface area contributed by atoms with Gasteiger partial charge in [-0.05, 0) is 17.0 Å². The molecule has 0 heterocycles. The highest BCUT2D eigenvalue weighted by atomic mass is 31.2. The average Bonchev–Trinajstić information content (AvgIpc) is 2.17. The summed E-state index contributed by atoms with van der Waals surface area (Å²) < 4.78 is 11.0. The van der Waals surface area contributed by atoms with Crippen molar-refractivity contribution < 1.29 is 19.5 Å². The SMILES string of the molecule is O=P(O)(O)Cc1cccc2c(O)cccc12. The molecule has 0 aliphatic carbocycles. The van der Waals surface area contributed by atoms with Crippen LogP contribution in [0.15, 0.2) is 36.4 Å². The predicted octanol–water partition coefficient (Wildman–Crippen LogP) is 2.22. The molecule has 0 unspecified atom stereocenters. The molecular formula is C11H11O4P. The number of aromatic hydroxyl groups is 1. The Balaban J connectivity index is 2.63. The second kappa shape index (κ2) is 3.91. The van der Waals surface area contributed by atoms with E-state index in [2.05, 4.69) is 0 Å². The van der Waals surface area contributed by atoms with Gasteiger partial charge in [0.1, 0.15) is 5.75 Å². The first-order chi connectivity index (χ1) is 7.47. The predicted molar refractivity (Wildman–Crippen MR) is 61.4 cm³/mol. The standard InChI is InChI=1S/C11H11O4P/c12-11-6-2-4-9-8(7-16(13,14)15)3-1-5-10(9)11/h1-6,12H,7H2,(H2,13,14,15). The molecule has 0 saturated heterocycles. The molecule has 2 aromatic rings. The number of hydrogen-bond donors (Lipinski definition) is 3. The zero-order valence-electron chi connectivity index (χ0n) is 8.37. The molecule has 0 bridgehead atoms. The minimum Gasteiger partial charge on any atom is -0.507 e. The fourth-order valence-electron chi connectivity index (χ4n) is 1.72. The topological polar surface area (TPSA) is 77.8 Å².